The standard InChI is InChI=1S/C24H31N5O3/c1-17(30)22-20-11-10-18(14-21(20)29(27-22)24-25-15-19(31)16-26-24)23(32)28-12-8-6-4-2-3-5-7-9-13-28/h10-11,14-17,30-31H,2-9,12-13H2,1H3. The first-order chi connectivity index (χ1) is 15.5. The van der Waals surface area contributed by atoms with Gasteiger partial charge in [-0.15, -0.1) is 0 Å². The van der Waals surface area contributed by atoms with Crippen LogP contribution in [0.4, 0.5) is 0 Å². The predicted molar refractivity (Wildman–Crippen MR) is 122 cm³/mol. The number of fused-ring (bicyclic) bond motifs is 1. The lowest BCUT2D eigenvalue weighted by molar-refractivity contribution is 0.0750. The van der Waals surface area contributed by atoms with Crippen molar-refractivity contribution >= 4 is 16.8 Å². The largest absolute Gasteiger partial charge is 0.505 e. The quantitative estimate of drug-likeness (QED) is 0.638. The third kappa shape index (κ3) is 4.91. The molecule has 2 N–H and O–H groups in total. The topological polar surface area (TPSA) is 104 Å². The van der Waals surface area contributed by atoms with Gasteiger partial charge in [0.15, 0.2) is 5.75 Å². The number of carbonyl (C=O) groups is 1. The second-order valence-electron chi connectivity index (χ2n) is 8.57. The summed E-state index contributed by atoms with van der Waals surface area (Å²) in [6, 6.07) is 5.45. The number of rotatable bonds is 3. The van der Waals surface area contributed by atoms with E-state index in [2.05, 4.69) is 15.1 Å². The molecule has 1 amide bonds. The minimum atomic E-state index is -0.789. The zero-order chi connectivity index (χ0) is 22.5. The maximum Gasteiger partial charge on any atom is 0.253 e. The molecule has 0 radical (unpaired) electrons. The molecule has 1 fully saturated rings. The molecule has 32 heavy (non-hydrogen) atoms. The number of benzene rings is 1. The van der Waals surface area contributed by atoms with E-state index in [1.165, 1.54) is 42.8 Å². The van der Waals surface area contributed by atoms with Gasteiger partial charge in [-0.1, -0.05) is 44.6 Å². The number of nitrogens with zero attached hydrogens (tertiary/aromatic N) is 5. The smallest absolute Gasteiger partial charge is 0.253 e. The summed E-state index contributed by atoms with van der Waals surface area (Å²) in [6.45, 7) is 3.20. The number of hydrogen-bond acceptors (Lipinski definition) is 6. The van der Waals surface area contributed by atoms with Gasteiger partial charge in [0, 0.05) is 24.0 Å². The molecule has 3 aromatic rings. The summed E-state index contributed by atoms with van der Waals surface area (Å²) in [5.74, 6) is 0.236. The van der Waals surface area contributed by atoms with Crippen molar-refractivity contribution in [3.63, 3.8) is 0 Å². The van der Waals surface area contributed by atoms with Crippen molar-refractivity contribution in [1.29, 1.82) is 0 Å². The molecule has 1 atom stereocenters. The summed E-state index contributed by atoms with van der Waals surface area (Å²) in [6.07, 6.45) is 11.2. The molecule has 1 unspecified atom stereocenters. The van der Waals surface area contributed by atoms with Gasteiger partial charge in [0.05, 0.1) is 29.7 Å². The Morgan fingerprint density at radius 2 is 1.56 bits per heavy atom. The Bertz CT molecular complexity index is 1050. The van der Waals surface area contributed by atoms with Crippen LogP contribution in [0.1, 0.15) is 80.4 Å². The van der Waals surface area contributed by atoms with Crippen molar-refractivity contribution in [2.45, 2.75) is 64.4 Å². The van der Waals surface area contributed by atoms with Crippen molar-refractivity contribution in [1.82, 2.24) is 24.6 Å². The number of aromatic hydroxyl groups is 1. The Labute approximate surface area is 187 Å². The third-order valence-corrected chi connectivity index (χ3v) is 6.06. The van der Waals surface area contributed by atoms with Crippen molar-refractivity contribution in [2.75, 3.05) is 13.1 Å². The van der Waals surface area contributed by atoms with Gasteiger partial charge in [-0.05, 0) is 31.9 Å². The second-order valence-corrected chi connectivity index (χ2v) is 8.57. The molecular weight excluding hydrogens is 406 g/mol. The molecule has 0 saturated carbocycles. The van der Waals surface area contributed by atoms with E-state index in [1.807, 2.05) is 17.0 Å². The Hall–Kier alpha value is -3.00. The zero-order valence-corrected chi connectivity index (χ0v) is 18.6. The van der Waals surface area contributed by atoms with Crippen molar-refractivity contribution in [3.05, 3.63) is 41.9 Å². The fourth-order valence-corrected chi connectivity index (χ4v) is 4.32. The van der Waals surface area contributed by atoms with Crippen LogP contribution >= 0.6 is 0 Å². The van der Waals surface area contributed by atoms with Gasteiger partial charge in [0.2, 0.25) is 0 Å². The maximum atomic E-state index is 13.4. The fourth-order valence-electron chi connectivity index (χ4n) is 4.32. The van der Waals surface area contributed by atoms with Crippen LogP contribution in [0.15, 0.2) is 30.6 Å². The highest BCUT2D eigenvalue weighted by molar-refractivity contribution is 5.98. The Morgan fingerprint density at radius 1 is 0.969 bits per heavy atom. The van der Waals surface area contributed by atoms with Crippen molar-refractivity contribution in [2.24, 2.45) is 0 Å². The summed E-state index contributed by atoms with van der Waals surface area (Å²) in [5.41, 5.74) is 1.73. The van der Waals surface area contributed by atoms with Crippen LogP contribution in [0.5, 0.6) is 5.75 Å². The monoisotopic (exact) mass is 437 g/mol. The van der Waals surface area contributed by atoms with Crippen LogP contribution in [0, 0.1) is 0 Å². The van der Waals surface area contributed by atoms with Gasteiger partial charge in [-0.2, -0.15) is 9.78 Å². The molecule has 1 aliphatic rings. The number of hydrogen-bond donors (Lipinski definition) is 2. The van der Waals surface area contributed by atoms with Crippen LogP contribution in [0.25, 0.3) is 16.9 Å². The normalized spacial score (nSPS) is 17.1. The Morgan fingerprint density at radius 3 is 2.16 bits per heavy atom. The molecule has 1 aliphatic heterocycles. The highest BCUT2D eigenvalue weighted by Gasteiger charge is 2.21. The molecule has 4 rings (SSSR count). The maximum absolute atomic E-state index is 13.4. The molecule has 3 heterocycles. The second kappa shape index (κ2) is 10.1. The number of aliphatic hydroxyl groups excluding tert-OH is 1. The van der Waals surface area contributed by atoms with E-state index in [9.17, 15) is 15.0 Å². The third-order valence-electron chi connectivity index (χ3n) is 6.06. The van der Waals surface area contributed by atoms with Gasteiger partial charge < -0.3 is 15.1 Å². The first-order valence-electron chi connectivity index (χ1n) is 11.6. The molecule has 1 saturated heterocycles. The van der Waals surface area contributed by atoms with E-state index < -0.39 is 6.10 Å². The molecule has 8 nitrogen and oxygen atoms in total. The summed E-state index contributed by atoms with van der Waals surface area (Å²) in [7, 11) is 0. The van der Waals surface area contributed by atoms with Gasteiger partial charge in [0.25, 0.3) is 11.9 Å². The molecule has 2 aromatic heterocycles. The molecule has 0 bridgehead atoms. The Kier molecular flexibility index (Phi) is 6.99. The average molecular weight is 438 g/mol. The van der Waals surface area contributed by atoms with E-state index in [1.54, 1.807) is 13.0 Å². The predicted octanol–water partition coefficient (Wildman–Crippen LogP) is 4.15. The van der Waals surface area contributed by atoms with Crippen LogP contribution in [-0.2, 0) is 0 Å². The van der Waals surface area contributed by atoms with Crippen LogP contribution < -0.4 is 0 Å². The number of aromatic nitrogens is 4. The molecule has 0 aliphatic carbocycles. The molecule has 8 heteroatoms. The summed E-state index contributed by atoms with van der Waals surface area (Å²) < 4.78 is 1.51. The molecule has 1 aromatic carbocycles. The highest BCUT2D eigenvalue weighted by Crippen LogP contribution is 2.27. The van der Waals surface area contributed by atoms with E-state index in [0.29, 0.717) is 16.8 Å². The van der Waals surface area contributed by atoms with Gasteiger partial charge in [-0.25, -0.2) is 9.97 Å². The van der Waals surface area contributed by atoms with Crippen molar-refractivity contribution in [3.8, 4) is 11.7 Å². The molecule has 0 spiro atoms. The van der Waals surface area contributed by atoms with Gasteiger partial charge in [0.1, 0.15) is 0 Å². The zero-order valence-electron chi connectivity index (χ0n) is 18.6. The van der Waals surface area contributed by atoms with Gasteiger partial charge >= 0.3 is 0 Å². The first kappa shape index (κ1) is 22.2. The number of amides is 1. The lowest BCUT2D eigenvalue weighted by Crippen LogP contribution is -2.33. The Balaban J connectivity index is 1.68. The summed E-state index contributed by atoms with van der Waals surface area (Å²) >= 11 is 0. The van der Waals surface area contributed by atoms with E-state index >= 15 is 0 Å². The SMILES string of the molecule is CC(O)c1nn(-c2ncc(O)cn2)c2cc(C(=O)N3CCCCCCCCCC3)ccc12. The summed E-state index contributed by atoms with van der Waals surface area (Å²) in [5, 5.41) is 25.0. The number of aliphatic hydroxyl groups is 1. The number of carbonyl (C=O) groups excluding carboxylic acids is 1. The highest BCUT2D eigenvalue weighted by atomic mass is 16.3. The fraction of sp³-hybridized carbons (Fsp3) is 0.500. The minimum absolute atomic E-state index is 0.0177. The molecule has 170 valence electrons. The van der Waals surface area contributed by atoms with Crippen LogP contribution in [0.3, 0.4) is 0 Å². The van der Waals surface area contributed by atoms with Crippen LogP contribution in [0.2, 0.25) is 0 Å². The van der Waals surface area contributed by atoms with Crippen molar-refractivity contribution < 1.29 is 15.0 Å². The first-order valence-corrected chi connectivity index (χ1v) is 11.6. The van der Waals surface area contributed by atoms with E-state index in [0.717, 1.165) is 44.2 Å². The van der Waals surface area contributed by atoms with Gasteiger partial charge in [-0.3, -0.25) is 4.79 Å². The molecular formula is C24H31N5O3. The lowest BCUT2D eigenvalue weighted by atomic mass is 10.1. The van der Waals surface area contributed by atoms with E-state index in [4.69, 9.17) is 0 Å². The average Bonchev–Trinajstić information content (AvgIpc) is 3.14. The summed E-state index contributed by atoms with van der Waals surface area (Å²) in [4.78, 5) is 23.7. The lowest BCUT2D eigenvalue weighted by Gasteiger charge is -2.23. The van der Waals surface area contributed by atoms with E-state index in [-0.39, 0.29) is 17.6 Å². The van der Waals surface area contributed by atoms with Crippen LogP contribution in [-0.4, -0.2) is 53.9 Å². The minimum Gasteiger partial charge on any atom is -0.505 e.